The fourth-order valence-corrected chi connectivity index (χ4v) is 4.00. The van der Waals surface area contributed by atoms with E-state index in [0.29, 0.717) is 0 Å². The van der Waals surface area contributed by atoms with Crippen molar-refractivity contribution in [2.45, 2.75) is 45.4 Å². The SMILES string of the molecule is CCOc1ccc(CCCN2CCN(C)CC2)c2c1CCCC2. The molecule has 0 bridgehead atoms. The van der Waals surface area contributed by atoms with Crippen molar-refractivity contribution in [3.8, 4) is 5.75 Å². The number of aryl methyl sites for hydroxylation is 1. The van der Waals surface area contributed by atoms with Crippen molar-refractivity contribution in [2.24, 2.45) is 0 Å². The summed E-state index contributed by atoms with van der Waals surface area (Å²) in [4.78, 5) is 5.06. The summed E-state index contributed by atoms with van der Waals surface area (Å²) in [5, 5.41) is 0. The molecule has 2 aliphatic rings. The molecular formula is C20H32N2O. The van der Waals surface area contributed by atoms with E-state index in [1.807, 2.05) is 0 Å². The standard InChI is InChI=1S/C20H32N2O/c1-3-23-20-11-10-17(18-8-4-5-9-19(18)20)7-6-12-22-15-13-21(2)14-16-22/h10-11H,3-9,12-16H2,1-2H3. The van der Waals surface area contributed by atoms with Gasteiger partial charge in [-0.05, 0) is 81.8 Å². The van der Waals surface area contributed by atoms with Gasteiger partial charge in [0, 0.05) is 26.2 Å². The predicted molar refractivity (Wildman–Crippen MR) is 96.5 cm³/mol. The fraction of sp³-hybridized carbons (Fsp3) is 0.700. The molecule has 3 heteroatoms. The Morgan fingerprint density at radius 3 is 2.48 bits per heavy atom. The van der Waals surface area contributed by atoms with E-state index in [0.717, 1.165) is 12.4 Å². The largest absolute Gasteiger partial charge is 0.494 e. The summed E-state index contributed by atoms with van der Waals surface area (Å²) in [6, 6.07) is 4.55. The number of rotatable bonds is 6. The van der Waals surface area contributed by atoms with Gasteiger partial charge in [0.1, 0.15) is 5.75 Å². The third-order valence-corrected chi connectivity index (χ3v) is 5.40. The molecule has 0 radical (unpaired) electrons. The van der Waals surface area contributed by atoms with E-state index in [2.05, 4.69) is 35.9 Å². The minimum Gasteiger partial charge on any atom is -0.494 e. The molecule has 1 aromatic carbocycles. The molecule has 3 rings (SSSR count). The maximum absolute atomic E-state index is 5.86. The zero-order valence-electron chi connectivity index (χ0n) is 14.9. The highest BCUT2D eigenvalue weighted by Gasteiger charge is 2.18. The molecule has 1 fully saturated rings. The molecule has 3 nitrogen and oxygen atoms in total. The van der Waals surface area contributed by atoms with Crippen LogP contribution in [0.15, 0.2) is 12.1 Å². The van der Waals surface area contributed by atoms with Crippen LogP contribution in [0.4, 0.5) is 0 Å². The van der Waals surface area contributed by atoms with Crippen LogP contribution in [-0.4, -0.2) is 56.2 Å². The van der Waals surface area contributed by atoms with Gasteiger partial charge in [0.05, 0.1) is 6.61 Å². The molecule has 0 amide bonds. The number of nitrogens with zero attached hydrogens (tertiary/aromatic N) is 2. The van der Waals surface area contributed by atoms with Crippen molar-refractivity contribution in [1.82, 2.24) is 9.80 Å². The maximum atomic E-state index is 5.86. The summed E-state index contributed by atoms with van der Waals surface area (Å²) in [5.74, 6) is 1.14. The van der Waals surface area contributed by atoms with Crippen LogP contribution < -0.4 is 4.74 Å². The number of fused-ring (bicyclic) bond motifs is 1. The molecule has 1 aliphatic carbocycles. The molecule has 0 spiro atoms. The van der Waals surface area contributed by atoms with E-state index in [9.17, 15) is 0 Å². The van der Waals surface area contributed by atoms with Gasteiger partial charge in [-0.15, -0.1) is 0 Å². The maximum Gasteiger partial charge on any atom is 0.122 e. The number of likely N-dealkylation sites (N-methyl/N-ethyl adjacent to an activating group) is 1. The van der Waals surface area contributed by atoms with Gasteiger partial charge in [-0.2, -0.15) is 0 Å². The first-order valence-electron chi connectivity index (χ1n) is 9.45. The van der Waals surface area contributed by atoms with Gasteiger partial charge < -0.3 is 14.5 Å². The first-order chi connectivity index (χ1) is 11.3. The summed E-state index contributed by atoms with van der Waals surface area (Å²) >= 11 is 0. The van der Waals surface area contributed by atoms with E-state index >= 15 is 0 Å². The summed E-state index contributed by atoms with van der Waals surface area (Å²) in [6.07, 6.45) is 7.62. The second-order valence-corrected chi connectivity index (χ2v) is 7.07. The van der Waals surface area contributed by atoms with E-state index in [4.69, 9.17) is 4.74 Å². The molecule has 0 atom stereocenters. The van der Waals surface area contributed by atoms with Crippen molar-refractivity contribution >= 4 is 0 Å². The average Bonchev–Trinajstić information content (AvgIpc) is 2.58. The zero-order valence-corrected chi connectivity index (χ0v) is 14.9. The van der Waals surface area contributed by atoms with Crippen LogP contribution in [0.25, 0.3) is 0 Å². The van der Waals surface area contributed by atoms with Crippen molar-refractivity contribution in [2.75, 3.05) is 46.4 Å². The first-order valence-corrected chi connectivity index (χ1v) is 9.45. The van der Waals surface area contributed by atoms with E-state index in [1.165, 1.54) is 76.8 Å². The third kappa shape index (κ3) is 4.27. The molecule has 0 aromatic heterocycles. The Hall–Kier alpha value is -1.06. The quantitative estimate of drug-likeness (QED) is 0.802. The van der Waals surface area contributed by atoms with Gasteiger partial charge in [0.25, 0.3) is 0 Å². The van der Waals surface area contributed by atoms with Gasteiger partial charge in [0.2, 0.25) is 0 Å². The minimum absolute atomic E-state index is 0.773. The smallest absolute Gasteiger partial charge is 0.122 e. The number of piperazine rings is 1. The van der Waals surface area contributed by atoms with Crippen LogP contribution in [0.1, 0.15) is 42.9 Å². The number of ether oxygens (including phenoxy) is 1. The lowest BCUT2D eigenvalue weighted by molar-refractivity contribution is 0.153. The average molecular weight is 316 g/mol. The Bertz CT molecular complexity index is 507. The van der Waals surface area contributed by atoms with Gasteiger partial charge >= 0.3 is 0 Å². The lowest BCUT2D eigenvalue weighted by Gasteiger charge is -2.32. The van der Waals surface area contributed by atoms with Gasteiger partial charge in [-0.1, -0.05) is 6.07 Å². The number of hydrogen-bond donors (Lipinski definition) is 0. The van der Waals surface area contributed by atoms with E-state index < -0.39 is 0 Å². The van der Waals surface area contributed by atoms with E-state index in [1.54, 1.807) is 11.1 Å². The summed E-state index contributed by atoms with van der Waals surface area (Å²) < 4.78 is 5.86. The molecule has 128 valence electrons. The molecule has 1 heterocycles. The second-order valence-electron chi connectivity index (χ2n) is 7.07. The molecule has 23 heavy (non-hydrogen) atoms. The monoisotopic (exact) mass is 316 g/mol. The topological polar surface area (TPSA) is 15.7 Å². The zero-order chi connectivity index (χ0) is 16.1. The Balaban J connectivity index is 1.59. The molecular weight excluding hydrogens is 284 g/mol. The third-order valence-electron chi connectivity index (χ3n) is 5.40. The molecule has 0 saturated carbocycles. The van der Waals surface area contributed by atoms with Gasteiger partial charge in [0.15, 0.2) is 0 Å². The summed E-state index contributed by atoms with van der Waals surface area (Å²) in [6.45, 7) is 9.01. The lowest BCUT2D eigenvalue weighted by atomic mass is 9.86. The Morgan fingerprint density at radius 1 is 1.00 bits per heavy atom. The molecule has 0 N–H and O–H groups in total. The van der Waals surface area contributed by atoms with Crippen LogP contribution in [0.5, 0.6) is 5.75 Å². The van der Waals surface area contributed by atoms with Crippen LogP contribution in [-0.2, 0) is 19.3 Å². The summed E-state index contributed by atoms with van der Waals surface area (Å²) in [5.41, 5.74) is 4.70. The highest BCUT2D eigenvalue weighted by atomic mass is 16.5. The predicted octanol–water partition coefficient (Wildman–Crippen LogP) is 3.14. The minimum atomic E-state index is 0.773. The fourth-order valence-electron chi connectivity index (χ4n) is 4.00. The van der Waals surface area contributed by atoms with Crippen LogP contribution in [0.2, 0.25) is 0 Å². The normalized spacial score (nSPS) is 19.6. The van der Waals surface area contributed by atoms with Crippen molar-refractivity contribution in [1.29, 1.82) is 0 Å². The highest BCUT2D eigenvalue weighted by molar-refractivity contribution is 5.46. The molecule has 0 unspecified atom stereocenters. The lowest BCUT2D eigenvalue weighted by Crippen LogP contribution is -2.44. The molecule has 1 aliphatic heterocycles. The van der Waals surface area contributed by atoms with E-state index in [-0.39, 0.29) is 0 Å². The molecule has 1 saturated heterocycles. The van der Waals surface area contributed by atoms with Crippen LogP contribution in [0, 0.1) is 0 Å². The van der Waals surface area contributed by atoms with Crippen LogP contribution in [0.3, 0.4) is 0 Å². The van der Waals surface area contributed by atoms with Gasteiger partial charge in [-0.3, -0.25) is 0 Å². The Kier molecular flexibility index (Phi) is 5.96. The number of hydrogen-bond acceptors (Lipinski definition) is 3. The van der Waals surface area contributed by atoms with Crippen molar-refractivity contribution in [3.63, 3.8) is 0 Å². The van der Waals surface area contributed by atoms with Crippen LogP contribution >= 0.6 is 0 Å². The van der Waals surface area contributed by atoms with Crippen molar-refractivity contribution < 1.29 is 4.74 Å². The Labute approximate surface area is 141 Å². The molecule has 1 aromatic rings. The number of benzene rings is 1. The Morgan fingerprint density at radius 2 is 1.74 bits per heavy atom. The first kappa shape index (κ1) is 16.8. The highest BCUT2D eigenvalue weighted by Crippen LogP contribution is 2.33. The van der Waals surface area contributed by atoms with Crippen molar-refractivity contribution in [3.05, 3.63) is 28.8 Å². The second kappa shape index (κ2) is 8.16. The summed E-state index contributed by atoms with van der Waals surface area (Å²) in [7, 11) is 2.23. The van der Waals surface area contributed by atoms with Gasteiger partial charge in [-0.25, -0.2) is 0 Å².